The number of hydrogen-bond donors (Lipinski definition) is 2. The lowest BCUT2D eigenvalue weighted by Crippen LogP contribution is -2.70. The molecule has 4 bridgehead atoms. The maximum atomic E-state index is 15.0. The maximum absolute atomic E-state index is 15.0. The first-order valence-corrected chi connectivity index (χ1v) is 19.4. The minimum atomic E-state index is -5.02. The molecule has 1 aromatic carbocycles. The monoisotopic (exact) mass is 759 g/mol. The summed E-state index contributed by atoms with van der Waals surface area (Å²) in [6.45, 7) is 3.95. The van der Waals surface area contributed by atoms with Crippen LogP contribution in [0.4, 0.5) is 19.1 Å². The number of nitrogens with zero attached hydrogens (tertiary/aromatic N) is 6. The van der Waals surface area contributed by atoms with Gasteiger partial charge in [0, 0.05) is 80.8 Å². The van der Waals surface area contributed by atoms with Gasteiger partial charge in [-0.25, -0.2) is 24.7 Å². The summed E-state index contributed by atoms with van der Waals surface area (Å²) in [5.74, 6) is -0.987. The molecule has 290 valence electrons. The molecule has 6 fully saturated rings. The number of amides is 1. The normalized spacial score (nSPS) is 27.1. The van der Waals surface area contributed by atoms with Gasteiger partial charge in [-0.2, -0.15) is 13.2 Å². The number of benzene rings is 1. The molecular formula is C40H44F3N7O5. The summed E-state index contributed by atoms with van der Waals surface area (Å²) in [5, 5.41) is 13.9. The van der Waals surface area contributed by atoms with Gasteiger partial charge in [0.15, 0.2) is 11.5 Å². The smallest absolute Gasteiger partial charge is 0.434 e. The Morgan fingerprint density at radius 2 is 1.64 bits per heavy atom. The summed E-state index contributed by atoms with van der Waals surface area (Å²) in [5.41, 5.74) is -2.74. The molecule has 55 heavy (non-hydrogen) atoms. The summed E-state index contributed by atoms with van der Waals surface area (Å²) >= 11 is 0. The van der Waals surface area contributed by atoms with E-state index in [0.29, 0.717) is 73.4 Å². The largest absolute Gasteiger partial charge is 0.490 e. The quantitative estimate of drug-likeness (QED) is 0.201. The van der Waals surface area contributed by atoms with E-state index in [4.69, 9.17) is 9.47 Å². The maximum Gasteiger partial charge on any atom is 0.434 e. The van der Waals surface area contributed by atoms with E-state index in [1.807, 2.05) is 18.2 Å². The van der Waals surface area contributed by atoms with Crippen LogP contribution in [0.2, 0.25) is 0 Å². The number of nitrogens with one attached hydrogen (secondary N) is 1. The third kappa shape index (κ3) is 6.37. The fraction of sp³-hybridized carbons (Fsp3) is 0.550. The van der Waals surface area contributed by atoms with Gasteiger partial charge in [0.05, 0.1) is 16.8 Å². The lowest BCUT2D eigenvalue weighted by molar-refractivity contribution is -0.163. The van der Waals surface area contributed by atoms with Crippen molar-refractivity contribution in [3.63, 3.8) is 0 Å². The number of anilines is 1. The molecule has 5 heterocycles. The minimum Gasteiger partial charge on any atom is -0.490 e. The number of hydrogen-bond acceptors (Lipinski definition) is 9. The van der Waals surface area contributed by atoms with Gasteiger partial charge in [-0.15, -0.1) is 0 Å². The minimum absolute atomic E-state index is 0.0239. The van der Waals surface area contributed by atoms with Gasteiger partial charge < -0.3 is 29.4 Å². The Kier molecular flexibility index (Phi) is 8.97. The number of piperidine rings is 1. The van der Waals surface area contributed by atoms with E-state index < -0.39 is 34.8 Å². The van der Waals surface area contributed by atoms with Gasteiger partial charge >= 0.3 is 12.1 Å². The standard InChI is InChI=1S/C40H44F3N7O5/c1-22-33(36(51)48-39(37(52)53)25-16-23-15-24(18-25)19-26(39)17-23)34(40(41,42)43)47-35(46-22)31-21-50(27-7-13-54-14-8-27)32-20-29(3-4-30(31)32)55-28-5-11-49(12-6-28)38-44-9-2-10-45-38/h2-4,9-10,20-21,23-28H,5-8,11-19H2,1H3,(H,48,51)(H,52,53). The molecule has 0 unspecified atom stereocenters. The van der Waals surface area contributed by atoms with E-state index in [2.05, 4.69) is 34.7 Å². The van der Waals surface area contributed by atoms with Gasteiger partial charge in [0.2, 0.25) is 5.95 Å². The molecule has 3 aromatic heterocycles. The third-order valence-electron chi connectivity index (χ3n) is 12.9. The van der Waals surface area contributed by atoms with Crippen LogP contribution < -0.4 is 15.0 Å². The average Bonchev–Trinajstić information content (AvgIpc) is 3.55. The summed E-state index contributed by atoms with van der Waals surface area (Å²) in [4.78, 5) is 46.4. The number of carbonyl (C=O) groups is 2. The van der Waals surface area contributed by atoms with Crippen molar-refractivity contribution < 1.29 is 37.3 Å². The van der Waals surface area contributed by atoms with Crippen molar-refractivity contribution in [1.29, 1.82) is 0 Å². The molecule has 4 saturated carbocycles. The van der Waals surface area contributed by atoms with Crippen LogP contribution in [0, 0.1) is 30.6 Å². The summed E-state index contributed by atoms with van der Waals surface area (Å²) in [6, 6.07) is 7.39. The van der Waals surface area contributed by atoms with E-state index in [9.17, 15) is 27.9 Å². The molecule has 2 saturated heterocycles. The second kappa shape index (κ2) is 13.7. The zero-order chi connectivity index (χ0) is 38.1. The van der Waals surface area contributed by atoms with Crippen LogP contribution in [-0.2, 0) is 15.7 Å². The number of ether oxygens (including phenoxy) is 2. The summed E-state index contributed by atoms with van der Waals surface area (Å²) in [7, 11) is 0. The SMILES string of the molecule is Cc1nc(-c2cn(C3CCOCC3)c3cc(OC4CCN(c5ncccn5)CC4)ccc23)nc(C(F)(F)F)c1C(=O)NC1(C(=O)O)C2CC3CC(C2)CC1C3. The van der Waals surface area contributed by atoms with Crippen molar-refractivity contribution in [2.24, 2.45) is 23.7 Å². The first-order valence-electron chi connectivity index (χ1n) is 19.4. The highest BCUT2D eigenvalue weighted by atomic mass is 19.4. The topological polar surface area (TPSA) is 145 Å². The molecule has 4 aliphatic carbocycles. The van der Waals surface area contributed by atoms with Crippen LogP contribution in [0.1, 0.15) is 85.6 Å². The van der Waals surface area contributed by atoms with Crippen molar-refractivity contribution in [2.75, 3.05) is 31.2 Å². The van der Waals surface area contributed by atoms with Crippen molar-refractivity contribution in [1.82, 2.24) is 29.8 Å². The molecule has 1 amide bonds. The highest BCUT2D eigenvalue weighted by Crippen LogP contribution is 2.58. The van der Waals surface area contributed by atoms with E-state index in [1.54, 1.807) is 24.7 Å². The van der Waals surface area contributed by atoms with E-state index in [-0.39, 0.29) is 35.5 Å². The second-order valence-corrected chi connectivity index (χ2v) is 16.1. The number of rotatable bonds is 8. The van der Waals surface area contributed by atoms with Gasteiger partial charge in [-0.1, -0.05) is 0 Å². The fourth-order valence-electron chi connectivity index (χ4n) is 10.5. The van der Waals surface area contributed by atoms with Crippen LogP contribution in [0.25, 0.3) is 22.3 Å². The number of carbonyl (C=O) groups excluding carboxylic acids is 1. The Labute approximate surface area is 315 Å². The zero-order valence-corrected chi connectivity index (χ0v) is 30.6. The molecule has 12 nitrogen and oxygen atoms in total. The number of alkyl halides is 3. The van der Waals surface area contributed by atoms with Gasteiger partial charge in [-0.05, 0) is 93.7 Å². The van der Waals surface area contributed by atoms with Crippen LogP contribution in [0.15, 0.2) is 42.9 Å². The number of fused-ring (bicyclic) bond motifs is 1. The molecule has 2 N–H and O–H groups in total. The van der Waals surface area contributed by atoms with E-state index in [0.717, 1.165) is 50.7 Å². The summed E-state index contributed by atoms with van der Waals surface area (Å²) < 4.78 is 59.1. The molecule has 4 aromatic rings. The number of carboxylic acids is 1. The Morgan fingerprint density at radius 1 is 0.964 bits per heavy atom. The highest BCUT2D eigenvalue weighted by Gasteiger charge is 2.62. The van der Waals surface area contributed by atoms with Crippen molar-refractivity contribution >= 4 is 28.7 Å². The second-order valence-electron chi connectivity index (χ2n) is 16.1. The van der Waals surface area contributed by atoms with Gasteiger partial charge in [0.25, 0.3) is 5.91 Å². The summed E-state index contributed by atoms with van der Waals surface area (Å²) in [6.07, 6.45) is 6.80. The average molecular weight is 760 g/mol. The molecule has 2 aliphatic heterocycles. The number of aliphatic carboxylic acids is 1. The lowest BCUT2D eigenvalue weighted by Gasteiger charge is -2.59. The number of carboxylic acid groups (broad SMARTS) is 1. The third-order valence-corrected chi connectivity index (χ3v) is 12.9. The van der Waals surface area contributed by atoms with Crippen LogP contribution >= 0.6 is 0 Å². The molecule has 10 rings (SSSR count). The van der Waals surface area contributed by atoms with Crippen LogP contribution in [0.5, 0.6) is 5.75 Å². The fourth-order valence-corrected chi connectivity index (χ4v) is 10.5. The van der Waals surface area contributed by atoms with Gasteiger partial charge in [-0.3, -0.25) is 4.79 Å². The molecule has 0 radical (unpaired) electrons. The van der Waals surface area contributed by atoms with Crippen LogP contribution in [0.3, 0.4) is 0 Å². The Morgan fingerprint density at radius 3 is 2.27 bits per heavy atom. The number of aromatic nitrogens is 5. The first-order chi connectivity index (χ1) is 26.5. The number of aryl methyl sites for hydroxylation is 1. The molecular weight excluding hydrogens is 715 g/mol. The van der Waals surface area contributed by atoms with E-state index in [1.165, 1.54) is 6.92 Å². The molecule has 0 atom stereocenters. The van der Waals surface area contributed by atoms with Crippen molar-refractivity contribution in [3.05, 3.63) is 59.8 Å². The predicted molar refractivity (Wildman–Crippen MR) is 195 cm³/mol. The Balaban J connectivity index is 1.04. The molecule has 6 aliphatic rings. The Bertz CT molecular complexity index is 2080. The highest BCUT2D eigenvalue weighted by molar-refractivity contribution is 6.01. The van der Waals surface area contributed by atoms with Crippen molar-refractivity contribution in [2.45, 2.75) is 88.6 Å². The predicted octanol–water partition coefficient (Wildman–Crippen LogP) is 6.62. The van der Waals surface area contributed by atoms with Crippen molar-refractivity contribution in [3.8, 4) is 17.1 Å². The Hall–Kier alpha value is -4.79. The van der Waals surface area contributed by atoms with Crippen LogP contribution in [-0.4, -0.2) is 79.4 Å². The lowest BCUT2D eigenvalue weighted by atomic mass is 9.48. The number of halogens is 3. The molecule has 15 heteroatoms. The van der Waals surface area contributed by atoms with Gasteiger partial charge in [0.1, 0.15) is 17.4 Å². The zero-order valence-electron chi connectivity index (χ0n) is 30.6. The molecule has 0 spiro atoms. The van der Waals surface area contributed by atoms with E-state index >= 15 is 0 Å². The first kappa shape index (κ1) is 35.9.